The maximum absolute atomic E-state index is 14.0. The van der Waals surface area contributed by atoms with E-state index in [1.165, 1.54) is 23.5 Å². The molecule has 2 aliphatic carbocycles. The van der Waals surface area contributed by atoms with Crippen LogP contribution in [0.5, 0.6) is 0 Å². The molecule has 2 saturated carbocycles. The number of aromatic nitrogens is 1. The van der Waals surface area contributed by atoms with E-state index in [4.69, 9.17) is 16.6 Å². The van der Waals surface area contributed by atoms with E-state index in [0.29, 0.717) is 52.7 Å². The van der Waals surface area contributed by atoms with Crippen LogP contribution in [0.25, 0.3) is 10.4 Å². The lowest BCUT2D eigenvalue weighted by atomic mass is 10.1. The standard InChI is InChI=1S/C26H23ClFN3O2S/c27-18-5-1-4-16(9-18)24(32)29-12-21-20-11-17(20)13-31(21)26(33)22-23(15-3-2-6-19(28)10-15)34-25(30-22)14-7-8-14/h1-6,9-10,14,17,20-21H,7-8,11-13H2,(H,29,32)/t17-,20?,21+/m0/s1. The van der Waals surface area contributed by atoms with Crippen molar-refractivity contribution < 1.29 is 14.0 Å². The molecule has 1 unspecified atom stereocenters. The van der Waals surface area contributed by atoms with Crippen LogP contribution in [0, 0.1) is 17.7 Å². The number of rotatable bonds is 6. The molecule has 34 heavy (non-hydrogen) atoms. The largest absolute Gasteiger partial charge is 0.350 e. The van der Waals surface area contributed by atoms with Crippen molar-refractivity contribution in [3.63, 3.8) is 0 Å². The van der Waals surface area contributed by atoms with Crippen molar-refractivity contribution >= 4 is 34.8 Å². The maximum Gasteiger partial charge on any atom is 0.274 e. The van der Waals surface area contributed by atoms with E-state index in [0.717, 1.165) is 29.1 Å². The van der Waals surface area contributed by atoms with Gasteiger partial charge in [-0.3, -0.25) is 9.59 Å². The van der Waals surface area contributed by atoms with Crippen LogP contribution in [-0.2, 0) is 0 Å². The molecule has 174 valence electrons. The molecule has 3 aliphatic rings. The molecule has 8 heteroatoms. The summed E-state index contributed by atoms with van der Waals surface area (Å²) in [6.07, 6.45) is 3.23. The monoisotopic (exact) mass is 495 g/mol. The van der Waals surface area contributed by atoms with E-state index in [1.807, 2.05) is 11.0 Å². The molecule has 1 aromatic heterocycles. The Bertz CT molecular complexity index is 1290. The fourth-order valence-electron chi connectivity index (χ4n) is 4.94. The quantitative estimate of drug-likeness (QED) is 0.500. The first-order valence-electron chi connectivity index (χ1n) is 11.6. The van der Waals surface area contributed by atoms with Crippen molar-refractivity contribution in [1.82, 2.24) is 15.2 Å². The SMILES string of the molecule is O=C(NC[C@@H]1C2C[C@H]2CN1C(=O)c1nc(C2CC2)sc1-c1cccc(F)c1)c1cccc(Cl)c1. The van der Waals surface area contributed by atoms with Gasteiger partial charge in [0.15, 0.2) is 0 Å². The molecule has 6 rings (SSSR count). The summed E-state index contributed by atoms with van der Waals surface area (Å²) in [4.78, 5) is 33.8. The van der Waals surface area contributed by atoms with Crippen molar-refractivity contribution in [2.24, 2.45) is 11.8 Å². The summed E-state index contributed by atoms with van der Waals surface area (Å²) < 4.78 is 14.0. The fraction of sp³-hybridized carbons (Fsp3) is 0.346. The van der Waals surface area contributed by atoms with Crippen LogP contribution in [0.2, 0.25) is 5.02 Å². The van der Waals surface area contributed by atoms with Gasteiger partial charge in [-0.2, -0.15) is 0 Å². The summed E-state index contributed by atoms with van der Waals surface area (Å²) in [6.45, 7) is 1.05. The lowest BCUT2D eigenvalue weighted by Gasteiger charge is -2.27. The topological polar surface area (TPSA) is 62.3 Å². The van der Waals surface area contributed by atoms with Crippen molar-refractivity contribution in [2.75, 3.05) is 13.1 Å². The van der Waals surface area contributed by atoms with Crippen molar-refractivity contribution in [2.45, 2.75) is 31.2 Å². The maximum atomic E-state index is 14.0. The number of hydrogen-bond donors (Lipinski definition) is 1. The minimum absolute atomic E-state index is 0.0768. The highest BCUT2D eigenvalue weighted by atomic mass is 35.5. The average Bonchev–Trinajstić information content (AvgIpc) is 3.75. The first-order valence-corrected chi connectivity index (χ1v) is 12.8. The number of carbonyl (C=O) groups is 2. The van der Waals surface area contributed by atoms with Crippen LogP contribution in [0.15, 0.2) is 48.5 Å². The van der Waals surface area contributed by atoms with E-state index < -0.39 is 0 Å². The van der Waals surface area contributed by atoms with Crippen LogP contribution in [0.4, 0.5) is 4.39 Å². The molecule has 0 spiro atoms. The number of hydrogen-bond acceptors (Lipinski definition) is 4. The average molecular weight is 496 g/mol. The summed E-state index contributed by atoms with van der Waals surface area (Å²) in [5.74, 6) is 0.597. The Kier molecular flexibility index (Phi) is 5.41. The van der Waals surface area contributed by atoms with E-state index in [-0.39, 0.29) is 23.7 Å². The molecule has 3 fully saturated rings. The number of thiazole rings is 1. The summed E-state index contributed by atoms with van der Waals surface area (Å²) in [5, 5.41) is 4.45. The number of nitrogens with one attached hydrogen (secondary N) is 1. The van der Waals surface area contributed by atoms with E-state index >= 15 is 0 Å². The molecular weight excluding hydrogens is 473 g/mol. The van der Waals surface area contributed by atoms with Gasteiger partial charge in [-0.25, -0.2) is 9.37 Å². The minimum atomic E-state index is -0.332. The molecular formula is C26H23ClFN3O2S. The predicted molar refractivity (Wildman–Crippen MR) is 130 cm³/mol. The van der Waals surface area contributed by atoms with Gasteiger partial charge in [0, 0.05) is 29.6 Å². The molecule has 2 amide bonds. The Morgan fingerprint density at radius 1 is 1.18 bits per heavy atom. The van der Waals surface area contributed by atoms with Gasteiger partial charge in [-0.1, -0.05) is 29.8 Å². The zero-order valence-corrected chi connectivity index (χ0v) is 19.9. The Morgan fingerprint density at radius 2 is 2.00 bits per heavy atom. The van der Waals surface area contributed by atoms with Crippen molar-refractivity contribution in [3.05, 3.63) is 75.6 Å². The van der Waals surface area contributed by atoms with Gasteiger partial charge in [0.2, 0.25) is 0 Å². The summed E-state index contributed by atoms with van der Waals surface area (Å²) >= 11 is 7.52. The number of fused-ring (bicyclic) bond motifs is 1. The number of nitrogens with zero attached hydrogens (tertiary/aromatic N) is 2. The highest BCUT2D eigenvalue weighted by Crippen LogP contribution is 2.50. The minimum Gasteiger partial charge on any atom is -0.350 e. The third-order valence-electron chi connectivity index (χ3n) is 6.98. The zero-order valence-electron chi connectivity index (χ0n) is 18.3. The van der Waals surface area contributed by atoms with Crippen LogP contribution in [0.3, 0.4) is 0 Å². The number of benzene rings is 2. The van der Waals surface area contributed by atoms with E-state index in [1.54, 1.807) is 30.3 Å². The third-order valence-corrected chi connectivity index (χ3v) is 8.48. The number of piperidine rings is 1. The smallest absolute Gasteiger partial charge is 0.274 e. The Balaban J connectivity index is 1.25. The molecule has 0 bridgehead atoms. The summed E-state index contributed by atoms with van der Waals surface area (Å²) in [7, 11) is 0. The van der Waals surface area contributed by atoms with Crippen molar-refractivity contribution in [3.8, 4) is 10.4 Å². The number of likely N-dealkylation sites (tertiary alicyclic amines) is 1. The van der Waals surface area contributed by atoms with Gasteiger partial charge in [-0.15, -0.1) is 11.3 Å². The second kappa shape index (κ2) is 8.47. The summed E-state index contributed by atoms with van der Waals surface area (Å²) in [5.41, 5.74) is 1.59. The normalized spacial score (nSPS) is 23.0. The van der Waals surface area contributed by atoms with E-state index in [2.05, 4.69) is 5.32 Å². The van der Waals surface area contributed by atoms with Gasteiger partial charge in [0.25, 0.3) is 11.8 Å². The molecule has 3 atom stereocenters. The van der Waals surface area contributed by atoms with Gasteiger partial charge in [0.1, 0.15) is 11.5 Å². The Hall–Kier alpha value is -2.77. The molecule has 0 radical (unpaired) electrons. The highest BCUT2D eigenvalue weighted by Gasteiger charge is 2.54. The second-order valence-corrected chi connectivity index (χ2v) is 10.9. The zero-order chi connectivity index (χ0) is 23.4. The van der Waals surface area contributed by atoms with E-state index in [9.17, 15) is 14.0 Å². The van der Waals surface area contributed by atoms with Gasteiger partial charge >= 0.3 is 0 Å². The molecule has 2 aromatic carbocycles. The highest BCUT2D eigenvalue weighted by molar-refractivity contribution is 7.15. The van der Waals surface area contributed by atoms with Gasteiger partial charge < -0.3 is 10.2 Å². The van der Waals surface area contributed by atoms with Gasteiger partial charge in [0.05, 0.1) is 15.9 Å². The predicted octanol–water partition coefficient (Wildman–Crippen LogP) is 5.37. The lowest BCUT2D eigenvalue weighted by Crippen LogP contribution is -2.45. The van der Waals surface area contributed by atoms with Gasteiger partial charge in [-0.05, 0) is 67.0 Å². The molecule has 5 nitrogen and oxygen atoms in total. The second-order valence-electron chi connectivity index (χ2n) is 9.42. The number of amides is 2. The van der Waals surface area contributed by atoms with Crippen LogP contribution in [-0.4, -0.2) is 40.8 Å². The number of halogens is 2. The van der Waals surface area contributed by atoms with Crippen LogP contribution < -0.4 is 5.32 Å². The molecule has 1 N–H and O–H groups in total. The summed E-state index contributed by atoms with van der Waals surface area (Å²) in [6, 6.07) is 13.1. The van der Waals surface area contributed by atoms with Crippen LogP contribution >= 0.6 is 22.9 Å². The molecule has 3 aromatic rings. The molecule has 2 heterocycles. The van der Waals surface area contributed by atoms with Crippen molar-refractivity contribution in [1.29, 1.82) is 0 Å². The third kappa shape index (κ3) is 4.12. The first kappa shape index (κ1) is 21.7. The molecule has 1 saturated heterocycles. The molecule has 1 aliphatic heterocycles. The fourth-order valence-corrected chi connectivity index (χ4v) is 6.36. The first-order chi connectivity index (χ1) is 16.5. The lowest BCUT2D eigenvalue weighted by molar-refractivity contribution is 0.0690. The number of carbonyl (C=O) groups excluding carboxylic acids is 2. The Morgan fingerprint density at radius 3 is 2.76 bits per heavy atom. The Labute approximate surface area is 206 Å². The van der Waals surface area contributed by atoms with Crippen LogP contribution in [0.1, 0.15) is 51.0 Å².